The number of hydrogen-bond donors (Lipinski definition) is 2. The van der Waals surface area contributed by atoms with Gasteiger partial charge in [0.05, 0.1) is 31.5 Å². The number of carbonyl (C=O) groups is 2. The number of ether oxygens (including phenoxy) is 2. The summed E-state index contributed by atoms with van der Waals surface area (Å²) in [5.41, 5.74) is 2.73. The van der Waals surface area contributed by atoms with Gasteiger partial charge in [-0.25, -0.2) is 4.79 Å². The number of anilines is 1. The van der Waals surface area contributed by atoms with E-state index in [-0.39, 0.29) is 17.6 Å². The number of fused-ring (bicyclic) bond motifs is 1. The normalized spacial score (nSPS) is 15.8. The van der Waals surface area contributed by atoms with Crippen LogP contribution in [0.1, 0.15) is 35.8 Å². The van der Waals surface area contributed by atoms with Crippen molar-refractivity contribution >= 4 is 28.5 Å². The van der Waals surface area contributed by atoms with Gasteiger partial charge in [0.25, 0.3) is 0 Å². The maximum absolute atomic E-state index is 13.2. The second kappa shape index (κ2) is 10.1. The number of likely N-dealkylation sites (tertiary alicyclic amines) is 1. The molecule has 1 aliphatic heterocycles. The number of methoxy groups -OCH3 is 2. The minimum absolute atomic E-state index is 0.140. The van der Waals surface area contributed by atoms with Crippen LogP contribution in [0.25, 0.3) is 10.9 Å². The molecule has 0 aliphatic carbocycles. The van der Waals surface area contributed by atoms with Crippen molar-refractivity contribution in [1.29, 1.82) is 0 Å². The molecule has 1 unspecified atom stereocenters. The van der Waals surface area contributed by atoms with E-state index in [0.717, 1.165) is 37.7 Å². The number of hydrogen-bond acceptors (Lipinski definition) is 5. The standard InChI is InChI=1S/C26H31N3O4/c1-17(29-13-11-19(12-14-29)15-18-7-5-4-6-8-18)25(30)28-23-21-10-9-20(32-2)16-22(21)27-24(23)26(31)33-3/h4-10,16-17,19,27H,11-15H2,1-3H3,(H,28,30). The van der Waals surface area contributed by atoms with Crippen LogP contribution in [0.15, 0.2) is 48.5 Å². The molecule has 7 nitrogen and oxygen atoms in total. The molecular formula is C26H31N3O4. The molecule has 0 spiro atoms. The molecule has 0 radical (unpaired) electrons. The number of H-pyrrole nitrogens is 1. The number of nitrogens with one attached hydrogen (secondary N) is 2. The summed E-state index contributed by atoms with van der Waals surface area (Å²) in [7, 11) is 2.90. The Hall–Kier alpha value is -3.32. The smallest absolute Gasteiger partial charge is 0.356 e. The first-order chi connectivity index (χ1) is 16.0. The van der Waals surface area contributed by atoms with Gasteiger partial charge in [-0.05, 0) is 62.9 Å². The Balaban J connectivity index is 1.44. The molecule has 0 bridgehead atoms. The zero-order valence-electron chi connectivity index (χ0n) is 19.4. The number of nitrogens with zero attached hydrogens (tertiary/aromatic N) is 1. The average molecular weight is 450 g/mol. The molecule has 3 aromatic rings. The van der Waals surface area contributed by atoms with E-state index in [1.54, 1.807) is 19.2 Å². The van der Waals surface area contributed by atoms with Crippen molar-refractivity contribution < 1.29 is 19.1 Å². The monoisotopic (exact) mass is 449 g/mol. The summed E-state index contributed by atoms with van der Waals surface area (Å²) < 4.78 is 10.2. The van der Waals surface area contributed by atoms with E-state index < -0.39 is 5.97 Å². The molecule has 7 heteroatoms. The first-order valence-electron chi connectivity index (χ1n) is 11.4. The van der Waals surface area contributed by atoms with Gasteiger partial charge in [0, 0.05) is 11.5 Å². The molecule has 0 saturated carbocycles. The summed E-state index contributed by atoms with van der Waals surface area (Å²) in [5.74, 6) is 0.617. The topological polar surface area (TPSA) is 83.7 Å². The molecule has 4 rings (SSSR count). The van der Waals surface area contributed by atoms with Gasteiger partial charge in [-0.2, -0.15) is 0 Å². The van der Waals surface area contributed by atoms with Gasteiger partial charge in [0.2, 0.25) is 5.91 Å². The summed E-state index contributed by atoms with van der Waals surface area (Å²) in [6.45, 7) is 3.67. The second-order valence-corrected chi connectivity index (χ2v) is 8.61. The van der Waals surface area contributed by atoms with Gasteiger partial charge in [0.1, 0.15) is 11.4 Å². The Labute approximate surface area is 194 Å². The number of aromatic amines is 1. The van der Waals surface area contributed by atoms with E-state index in [4.69, 9.17) is 9.47 Å². The van der Waals surface area contributed by atoms with Crippen molar-refractivity contribution in [2.24, 2.45) is 5.92 Å². The Kier molecular flexibility index (Phi) is 6.99. The lowest BCUT2D eigenvalue weighted by atomic mass is 9.89. The van der Waals surface area contributed by atoms with E-state index in [0.29, 0.717) is 22.9 Å². The fraction of sp³-hybridized carbons (Fsp3) is 0.385. The predicted molar refractivity (Wildman–Crippen MR) is 129 cm³/mol. The first-order valence-corrected chi connectivity index (χ1v) is 11.4. The van der Waals surface area contributed by atoms with Crippen molar-refractivity contribution in [3.8, 4) is 5.75 Å². The SMILES string of the molecule is COC(=O)c1[nH]c2cc(OC)ccc2c1NC(=O)C(C)N1CCC(Cc2ccccc2)CC1. The molecule has 1 aliphatic rings. The van der Waals surface area contributed by atoms with Crippen LogP contribution < -0.4 is 10.1 Å². The Morgan fingerprint density at radius 1 is 1.12 bits per heavy atom. The summed E-state index contributed by atoms with van der Waals surface area (Å²) in [4.78, 5) is 30.8. The Morgan fingerprint density at radius 2 is 1.85 bits per heavy atom. The van der Waals surface area contributed by atoms with E-state index >= 15 is 0 Å². The second-order valence-electron chi connectivity index (χ2n) is 8.61. The molecule has 33 heavy (non-hydrogen) atoms. The van der Waals surface area contributed by atoms with Crippen molar-refractivity contribution in [3.05, 3.63) is 59.8 Å². The van der Waals surface area contributed by atoms with Gasteiger partial charge in [-0.3, -0.25) is 9.69 Å². The molecule has 1 aromatic heterocycles. The zero-order valence-corrected chi connectivity index (χ0v) is 19.4. The third-order valence-corrected chi connectivity index (χ3v) is 6.59. The van der Waals surface area contributed by atoms with Crippen LogP contribution in [-0.2, 0) is 16.0 Å². The van der Waals surface area contributed by atoms with Crippen molar-refractivity contribution in [2.75, 3.05) is 32.6 Å². The number of esters is 1. The first kappa shape index (κ1) is 22.9. The van der Waals surface area contributed by atoms with Crippen molar-refractivity contribution in [2.45, 2.75) is 32.2 Å². The molecule has 1 atom stereocenters. The van der Waals surface area contributed by atoms with Crippen molar-refractivity contribution in [3.63, 3.8) is 0 Å². The number of rotatable bonds is 7. The van der Waals surface area contributed by atoms with Gasteiger partial charge in [0.15, 0.2) is 0 Å². The quantitative estimate of drug-likeness (QED) is 0.527. The minimum atomic E-state index is -0.533. The van der Waals surface area contributed by atoms with E-state index in [2.05, 4.69) is 39.5 Å². The summed E-state index contributed by atoms with van der Waals surface area (Å²) in [6, 6.07) is 15.7. The Bertz CT molecular complexity index is 1120. The van der Waals surface area contributed by atoms with Crippen LogP contribution in [0.3, 0.4) is 0 Å². The van der Waals surface area contributed by atoms with Crippen molar-refractivity contribution in [1.82, 2.24) is 9.88 Å². The molecule has 1 fully saturated rings. The molecular weight excluding hydrogens is 418 g/mol. The third-order valence-electron chi connectivity index (χ3n) is 6.59. The van der Waals surface area contributed by atoms with Crippen LogP contribution >= 0.6 is 0 Å². The molecule has 174 valence electrons. The maximum atomic E-state index is 13.2. The molecule has 1 saturated heterocycles. The number of carbonyl (C=O) groups excluding carboxylic acids is 2. The van der Waals surface area contributed by atoms with Crippen LogP contribution in [0, 0.1) is 5.92 Å². The van der Waals surface area contributed by atoms with Gasteiger partial charge in [-0.1, -0.05) is 30.3 Å². The molecule has 2 heterocycles. The fourth-order valence-electron chi connectivity index (χ4n) is 4.57. The third kappa shape index (κ3) is 5.03. The molecule has 1 amide bonds. The van der Waals surface area contributed by atoms with Crippen LogP contribution in [-0.4, -0.2) is 55.1 Å². The summed E-state index contributed by atoms with van der Waals surface area (Å²) >= 11 is 0. The number of benzene rings is 2. The summed E-state index contributed by atoms with van der Waals surface area (Å²) in [5, 5.41) is 3.72. The highest BCUT2D eigenvalue weighted by Crippen LogP contribution is 2.31. The number of amides is 1. The van der Waals surface area contributed by atoms with E-state index in [9.17, 15) is 9.59 Å². The highest BCUT2D eigenvalue weighted by Gasteiger charge is 2.28. The van der Waals surface area contributed by atoms with Gasteiger partial charge in [-0.15, -0.1) is 0 Å². The lowest BCUT2D eigenvalue weighted by Gasteiger charge is -2.35. The van der Waals surface area contributed by atoms with Crippen LogP contribution in [0.4, 0.5) is 5.69 Å². The molecule has 2 aromatic carbocycles. The summed E-state index contributed by atoms with van der Waals surface area (Å²) in [6.07, 6.45) is 3.20. The highest BCUT2D eigenvalue weighted by molar-refractivity contribution is 6.11. The average Bonchev–Trinajstić information content (AvgIpc) is 3.21. The van der Waals surface area contributed by atoms with Crippen LogP contribution in [0.2, 0.25) is 0 Å². The fourth-order valence-corrected chi connectivity index (χ4v) is 4.57. The largest absolute Gasteiger partial charge is 0.497 e. The lowest BCUT2D eigenvalue weighted by Crippen LogP contribution is -2.46. The lowest BCUT2D eigenvalue weighted by molar-refractivity contribution is -0.121. The predicted octanol–water partition coefficient (Wildman–Crippen LogP) is 4.24. The van der Waals surface area contributed by atoms with Crippen LogP contribution in [0.5, 0.6) is 5.75 Å². The van der Waals surface area contributed by atoms with E-state index in [1.165, 1.54) is 12.7 Å². The molecule has 2 N–H and O–H groups in total. The number of aromatic nitrogens is 1. The van der Waals surface area contributed by atoms with Gasteiger partial charge >= 0.3 is 5.97 Å². The highest BCUT2D eigenvalue weighted by atomic mass is 16.5. The number of piperidine rings is 1. The van der Waals surface area contributed by atoms with E-state index in [1.807, 2.05) is 19.1 Å². The Morgan fingerprint density at radius 3 is 2.52 bits per heavy atom. The zero-order chi connectivity index (χ0) is 23.4. The van der Waals surface area contributed by atoms with Gasteiger partial charge < -0.3 is 19.8 Å². The maximum Gasteiger partial charge on any atom is 0.356 e. The minimum Gasteiger partial charge on any atom is -0.497 e.